The first-order valence-corrected chi connectivity index (χ1v) is 8.15. The van der Waals surface area contributed by atoms with Gasteiger partial charge in [-0.15, -0.1) is 0 Å². The molecule has 0 aromatic heterocycles. The van der Waals surface area contributed by atoms with Crippen LogP contribution in [0.2, 0.25) is 0 Å². The van der Waals surface area contributed by atoms with E-state index in [0.29, 0.717) is 17.7 Å². The molecule has 0 aliphatic rings. The fraction of sp³-hybridized carbons (Fsp3) is 0.417. The van der Waals surface area contributed by atoms with Crippen molar-refractivity contribution in [3.63, 3.8) is 0 Å². The number of carboxylic acids is 1. The predicted octanol–water partition coefficient (Wildman–Crippen LogP) is 1.58. The Bertz CT molecular complexity index is 569. The third-order valence-electron chi connectivity index (χ3n) is 2.44. The number of carboxylic acid groups (broad SMARTS) is 1. The van der Waals surface area contributed by atoms with Gasteiger partial charge in [-0.2, -0.15) is 0 Å². The molecule has 1 N–H and O–H groups in total. The minimum absolute atomic E-state index is 0.0232. The van der Waals surface area contributed by atoms with Crippen LogP contribution in [0.1, 0.15) is 10.4 Å². The number of aromatic carboxylic acids is 1. The molecule has 8 heteroatoms. The highest BCUT2D eigenvalue weighted by atomic mass is 79.9. The van der Waals surface area contributed by atoms with E-state index in [0.717, 1.165) is 6.07 Å². The van der Waals surface area contributed by atoms with Gasteiger partial charge in [-0.3, -0.25) is 0 Å². The fourth-order valence-electron chi connectivity index (χ4n) is 1.40. The van der Waals surface area contributed by atoms with Crippen LogP contribution in [0.4, 0.5) is 0 Å². The van der Waals surface area contributed by atoms with Crippen molar-refractivity contribution in [3.05, 3.63) is 28.2 Å². The number of methoxy groups -OCH3 is 1. The lowest BCUT2D eigenvalue weighted by Gasteiger charge is -2.08. The van der Waals surface area contributed by atoms with Crippen LogP contribution in [-0.2, 0) is 19.3 Å². The maximum atomic E-state index is 12.1. The third kappa shape index (κ3) is 4.86. The van der Waals surface area contributed by atoms with Gasteiger partial charge >= 0.3 is 5.97 Å². The zero-order chi connectivity index (χ0) is 15.2. The highest BCUT2D eigenvalue weighted by Gasteiger charge is 2.19. The first-order valence-electron chi connectivity index (χ1n) is 5.71. The van der Waals surface area contributed by atoms with E-state index in [2.05, 4.69) is 15.9 Å². The summed E-state index contributed by atoms with van der Waals surface area (Å²) < 4.78 is 34.5. The van der Waals surface area contributed by atoms with Crippen LogP contribution in [0, 0.1) is 0 Å². The van der Waals surface area contributed by atoms with Crippen molar-refractivity contribution in [2.45, 2.75) is 4.90 Å². The molecule has 0 saturated carbocycles. The van der Waals surface area contributed by atoms with Crippen LogP contribution >= 0.6 is 15.9 Å². The number of hydrogen-bond acceptors (Lipinski definition) is 5. The Balaban J connectivity index is 2.81. The monoisotopic (exact) mass is 366 g/mol. The summed E-state index contributed by atoms with van der Waals surface area (Å²) >= 11 is 3.12. The first kappa shape index (κ1) is 17.1. The maximum absolute atomic E-state index is 12.1. The number of hydrogen-bond donors (Lipinski definition) is 1. The van der Waals surface area contributed by atoms with Gasteiger partial charge in [0.15, 0.2) is 9.84 Å². The largest absolute Gasteiger partial charge is 0.478 e. The van der Waals surface area contributed by atoms with E-state index in [1.165, 1.54) is 19.2 Å². The van der Waals surface area contributed by atoms with Crippen molar-refractivity contribution in [1.29, 1.82) is 0 Å². The van der Waals surface area contributed by atoms with Crippen LogP contribution in [-0.4, -0.2) is 52.2 Å². The van der Waals surface area contributed by atoms with Crippen molar-refractivity contribution in [2.75, 3.05) is 32.7 Å². The second-order valence-electron chi connectivity index (χ2n) is 3.87. The molecule has 0 unspecified atom stereocenters. The lowest BCUT2D eigenvalue weighted by Crippen LogP contribution is -2.15. The van der Waals surface area contributed by atoms with E-state index in [9.17, 15) is 13.2 Å². The van der Waals surface area contributed by atoms with Gasteiger partial charge in [-0.25, -0.2) is 13.2 Å². The summed E-state index contributed by atoms with van der Waals surface area (Å²) in [5, 5.41) is 8.89. The van der Waals surface area contributed by atoms with Crippen molar-refractivity contribution in [1.82, 2.24) is 0 Å². The van der Waals surface area contributed by atoms with E-state index in [1.54, 1.807) is 0 Å². The average Bonchev–Trinajstić information content (AvgIpc) is 2.38. The molecule has 1 aromatic rings. The molecule has 0 atom stereocenters. The molecule has 0 saturated heterocycles. The number of sulfone groups is 1. The standard InChI is InChI=1S/C12H15BrO6S/c1-18-4-5-19-6-7-20(16,17)11-8-9(12(14)15)2-3-10(11)13/h2-3,8H,4-7H2,1H3,(H,14,15). The molecule has 6 nitrogen and oxygen atoms in total. The van der Waals surface area contributed by atoms with Crippen LogP contribution in [0.3, 0.4) is 0 Å². The van der Waals surface area contributed by atoms with Crippen LogP contribution in [0.5, 0.6) is 0 Å². The topological polar surface area (TPSA) is 89.9 Å². The first-order chi connectivity index (χ1) is 9.38. The minimum Gasteiger partial charge on any atom is -0.478 e. The Morgan fingerprint density at radius 3 is 2.60 bits per heavy atom. The summed E-state index contributed by atoms with van der Waals surface area (Å²) in [5.41, 5.74) is -0.0768. The smallest absolute Gasteiger partial charge is 0.335 e. The zero-order valence-electron chi connectivity index (χ0n) is 10.8. The second kappa shape index (κ2) is 7.72. The van der Waals surface area contributed by atoms with Gasteiger partial charge in [0.05, 0.1) is 36.0 Å². The summed E-state index contributed by atoms with van der Waals surface area (Å²) in [6.45, 7) is 0.718. The third-order valence-corrected chi connectivity index (χ3v) is 5.11. The van der Waals surface area contributed by atoms with Crippen molar-refractivity contribution in [2.24, 2.45) is 0 Å². The van der Waals surface area contributed by atoms with Gasteiger partial charge in [0.2, 0.25) is 0 Å². The van der Waals surface area contributed by atoms with E-state index in [4.69, 9.17) is 14.6 Å². The summed E-state index contributed by atoms with van der Waals surface area (Å²) in [4.78, 5) is 10.8. The molecule has 1 aromatic carbocycles. The molecule has 0 radical (unpaired) electrons. The van der Waals surface area contributed by atoms with E-state index in [1.807, 2.05) is 0 Å². The molecular formula is C12H15BrO6S. The van der Waals surface area contributed by atoms with E-state index in [-0.39, 0.29) is 22.8 Å². The zero-order valence-corrected chi connectivity index (χ0v) is 13.2. The average molecular weight is 367 g/mol. The Labute approximate surface area is 125 Å². The number of ether oxygens (including phenoxy) is 2. The van der Waals surface area contributed by atoms with Gasteiger partial charge < -0.3 is 14.6 Å². The summed E-state index contributed by atoms with van der Waals surface area (Å²) in [5.74, 6) is -1.40. The van der Waals surface area contributed by atoms with Gasteiger partial charge in [-0.05, 0) is 34.1 Å². The molecule has 20 heavy (non-hydrogen) atoms. The van der Waals surface area contributed by atoms with Crippen LogP contribution < -0.4 is 0 Å². The van der Waals surface area contributed by atoms with Crippen molar-refractivity contribution in [3.8, 4) is 0 Å². The normalized spacial score (nSPS) is 11.5. The summed E-state index contributed by atoms with van der Waals surface area (Å²) in [7, 11) is -2.09. The van der Waals surface area contributed by atoms with Gasteiger partial charge in [0.25, 0.3) is 0 Å². The Hall–Kier alpha value is -0.960. The molecular weight excluding hydrogens is 352 g/mol. The maximum Gasteiger partial charge on any atom is 0.335 e. The molecule has 0 aliphatic heterocycles. The minimum atomic E-state index is -3.61. The quantitative estimate of drug-likeness (QED) is 0.702. The molecule has 0 bridgehead atoms. The molecule has 0 aliphatic carbocycles. The predicted molar refractivity (Wildman–Crippen MR) is 75.8 cm³/mol. The van der Waals surface area contributed by atoms with Crippen LogP contribution in [0.15, 0.2) is 27.6 Å². The Kier molecular flexibility index (Phi) is 6.60. The molecule has 0 amide bonds. The van der Waals surface area contributed by atoms with Crippen LogP contribution in [0.25, 0.3) is 0 Å². The molecule has 1 rings (SSSR count). The lowest BCUT2D eigenvalue weighted by atomic mass is 10.2. The van der Waals surface area contributed by atoms with Gasteiger partial charge in [0.1, 0.15) is 0 Å². The Morgan fingerprint density at radius 2 is 2.00 bits per heavy atom. The number of rotatable bonds is 8. The number of carbonyl (C=O) groups is 1. The molecule has 112 valence electrons. The SMILES string of the molecule is COCCOCCS(=O)(=O)c1cc(C(=O)O)ccc1Br. The lowest BCUT2D eigenvalue weighted by molar-refractivity contribution is 0.0696. The summed E-state index contributed by atoms with van der Waals surface area (Å²) in [6.07, 6.45) is 0. The summed E-state index contributed by atoms with van der Waals surface area (Å²) in [6, 6.07) is 3.87. The fourth-order valence-corrected chi connectivity index (χ4v) is 3.61. The number of benzene rings is 1. The highest BCUT2D eigenvalue weighted by Crippen LogP contribution is 2.24. The van der Waals surface area contributed by atoms with Crippen molar-refractivity contribution < 1.29 is 27.8 Å². The van der Waals surface area contributed by atoms with Crippen molar-refractivity contribution >= 4 is 31.7 Å². The molecule has 0 fully saturated rings. The van der Waals surface area contributed by atoms with Gasteiger partial charge in [0, 0.05) is 11.6 Å². The van der Waals surface area contributed by atoms with Gasteiger partial charge in [-0.1, -0.05) is 0 Å². The van der Waals surface area contributed by atoms with E-state index < -0.39 is 15.8 Å². The van der Waals surface area contributed by atoms with E-state index >= 15 is 0 Å². The molecule has 0 heterocycles. The second-order valence-corrected chi connectivity index (χ2v) is 6.81. The molecule has 0 spiro atoms. The number of halogens is 1. The highest BCUT2D eigenvalue weighted by molar-refractivity contribution is 9.10. The Morgan fingerprint density at radius 1 is 1.30 bits per heavy atom.